The van der Waals surface area contributed by atoms with E-state index in [-0.39, 0.29) is 19.4 Å². The second-order valence-electron chi connectivity index (χ2n) is 6.83. The smallest absolute Gasteiger partial charge is 0.407 e. The fraction of sp³-hybridized carbons (Fsp3) is 0.667. The van der Waals surface area contributed by atoms with E-state index < -0.39 is 36.5 Å². The standard InChI is InChI=1S/C18H25N3O6/c19-15(22)8-7-14(17(25)20-9-16(23)24)21-18(26)27-10-13-11-5-3-1-2-4-6-12(11)13/h11-14H,3-10H2,(H2,19,22)(H,20,25)(H,21,26)(H,23,24)/t11-,12+,13-,14-/m0/s1. The molecule has 2 aliphatic carbocycles. The van der Waals surface area contributed by atoms with Gasteiger partial charge in [0.05, 0.1) is 6.61 Å². The van der Waals surface area contributed by atoms with Crippen LogP contribution in [0.15, 0.2) is 0 Å². The highest BCUT2D eigenvalue weighted by Crippen LogP contribution is 2.52. The number of alkyl carbamates (subject to hydrolysis) is 1. The maximum atomic E-state index is 12.0. The molecule has 4 atom stereocenters. The molecule has 1 fully saturated rings. The zero-order valence-corrected chi connectivity index (χ0v) is 15.0. The van der Waals surface area contributed by atoms with Gasteiger partial charge in [-0.25, -0.2) is 4.79 Å². The number of carbonyl (C=O) groups is 4. The quantitative estimate of drug-likeness (QED) is 0.414. The molecular weight excluding hydrogens is 354 g/mol. The molecule has 0 radical (unpaired) electrons. The van der Waals surface area contributed by atoms with Gasteiger partial charge in [-0.3, -0.25) is 14.4 Å². The topological polar surface area (TPSA) is 148 Å². The first kappa shape index (κ1) is 20.6. The van der Waals surface area contributed by atoms with Gasteiger partial charge in [-0.05, 0) is 37.0 Å². The Labute approximate surface area is 157 Å². The van der Waals surface area contributed by atoms with Crippen LogP contribution in [0, 0.1) is 29.6 Å². The van der Waals surface area contributed by atoms with Crippen molar-refractivity contribution in [2.45, 2.75) is 44.6 Å². The van der Waals surface area contributed by atoms with Crippen LogP contribution < -0.4 is 16.4 Å². The van der Waals surface area contributed by atoms with Gasteiger partial charge in [0.15, 0.2) is 0 Å². The second kappa shape index (κ2) is 9.80. The summed E-state index contributed by atoms with van der Waals surface area (Å²) in [6, 6.07) is -1.09. The minimum atomic E-state index is -1.22. The Balaban J connectivity index is 1.79. The Hall–Kier alpha value is -2.76. The number of carboxylic acid groups (broad SMARTS) is 1. The van der Waals surface area contributed by atoms with Crippen LogP contribution in [0.1, 0.15) is 38.5 Å². The molecule has 0 saturated heterocycles. The number of ether oxygens (including phenoxy) is 1. The monoisotopic (exact) mass is 379 g/mol. The SMILES string of the molecule is NC(=O)CC[C@H](NC(=O)OC[C@@H]1[C@@H]2CCC#CCC[C@@H]21)C(=O)NCC(=O)O. The molecule has 0 heterocycles. The first-order valence-corrected chi connectivity index (χ1v) is 9.05. The van der Waals surface area contributed by atoms with Gasteiger partial charge in [0.25, 0.3) is 0 Å². The molecule has 2 rings (SSSR count). The Bertz CT molecular complexity index is 635. The van der Waals surface area contributed by atoms with Crippen molar-refractivity contribution in [3.63, 3.8) is 0 Å². The molecule has 0 aliphatic heterocycles. The number of nitrogens with two attached hydrogens (primary N) is 1. The molecule has 0 aromatic carbocycles. The first-order chi connectivity index (χ1) is 12.9. The van der Waals surface area contributed by atoms with E-state index in [4.69, 9.17) is 15.6 Å². The number of nitrogens with one attached hydrogen (secondary N) is 2. The Morgan fingerprint density at radius 3 is 2.33 bits per heavy atom. The first-order valence-electron chi connectivity index (χ1n) is 9.05. The van der Waals surface area contributed by atoms with E-state index >= 15 is 0 Å². The molecule has 148 valence electrons. The van der Waals surface area contributed by atoms with Gasteiger partial charge in [-0.15, -0.1) is 11.8 Å². The summed E-state index contributed by atoms with van der Waals surface area (Å²) in [7, 11) is 0. The predicted molar refractivity (Wildman–Crippen MR) is 94.1 cm³/mol. The van der Waals surface area contributed by atoms with Crippen molar-refractivity contribution in [2.24, 2.45) is 23.5 Å². The highest BCUT2D eigenvalue weighted by atomic mass is 16.5. The van der Waals surface area contributed by atoms with Gasteiger partial charge < -0.3 is 26.2 Å². The van der Waals surface area contributed by atoms with Crippen molar-refractivity contribution < 1.29 is 29.0 Å². The summed E-state index contributed by atoms with van der Waals surface area (Å²) in [5.74, 6) is 5.04. The molecule has 9 heteroatoms. The van der Waals surface area contributed by atoms with Gasteiger partial charge in [-0.2, -0.15) is 0 Å². The van der Waals surface area contributed by atoms with Crippen LogP contribution >= 0.6 is 0 Å². The molecule has 0 aromatic heterocycles. The largest absolute Gasteiger partial charge is 0.480 e. The third-order valence-electron chi connectivity index (χ3n) is 4.95. The Morgan fingerprint density at radius 2 is 1.78 bits per heavy atom. The van der Waals surface area contributed by atoms with Crippen molar-refractivity contribution in [3.05, 3.63) is 0 Å². The number of hydrogen-bond acceptors (Lipinski definition) is 5. The lowest BCUT2D eigenvalue weighted by molar-refractivity contribution is -0.138. The fourth-order valence-electron chi connectivity index (χ4n) is 3.48. The van der Waals surface area contributed by atoms with Gasteiger partial charge in [0.1, 0.15) is 12.6 Å². The normalized spacial score (nSPS) is 23.9. The minimum absolute atomic E-state index is 0.0398. The molecule has 0 unspecified atom stereocenters. The summed E-state index contributed by atoms with van der Waals surface area (Å²) in [5.41, 5.74) is 5.07. The van der Waals surface area contributed by atoms with E-state index in [1.807, 2.05) is 0 Å². The van der Waals surface area contributed by atoms with E-state index in [1.54, 1.807) is 0 Å². The third kappa shape index (κ3) is 6.81. The number of carboxylic acids is 1. The van der Waals surface area contributed by atoms with Crippen LogP contribution in [-0.4, -0.2) is 48.2 Å². The highest BCUT2D eigenvalue weighted by molar-refractivity contribution is 5.88. The van der Waals surface area contributed by atoms with Gasteiger partial charge >= 0.3 is 12.1 Å². The van der Waals surface area contributed by atoms with Crippen molar-refractivity contribution >= 4 is 23.9 Å². The maximum absolute atomic E-state index is 12.0. The second-order valence-corrected chi connectivity index (χ2v) is 6.83. The van der Waals surface area contributed by atoms with Gasteiger partial charge in [-0.1, -0.05) is 0 Å². The van der Waals surface area contributed by atoms with E-state index in [0.717, 1.165) is 25.7 Å². The fourth-order valence-corrected chi connectivity index (χ4v) is 3.48. The average Bonchev–Trinajstić information content (AvgIpc) is 3.23. The van der Waals surface area contributed by atoms with E-state index in [0.29, 0.717) is 17.8 Å². The highest BCUT2D eigenvalue weighted by Gasteiger charge is 2.49. The van der Waals surface area contributed by atoms with E-state index in [1.165, 1.54) is 0 Å². The van der Waals surface area contributed by atoms with Crippen molar-refractivity contribution in [2.75, 3.05) is 13.2 Å². The van der Waals surface area contributed by atoms with Crippen molar-refractivity contribution in [1.82, 2.24) is 10.6 Å². The number of fused-ring (bicyclic) bond motifs is 1. The lowest BCUT2D eigenvalue weighted by Crippen LogP contribution is -2.48. The molecular formula is C18H25N3O6. The zero-order valence-electron chi connectivity index (χ0n) is 15.0. The Kier molecular flexibility index (Phi) is 7.46. The van der Waals surface area contributed by atoms with Gasteiger partial charge in [0, 0.05) is 19.3 Å². The van der Waals surface area contributed by atoms with Gasteiger partial charge in [0.2, 0.25) is 11.8 Å². The average molecular weight is 379 g/mol. The van der Waals surface area contributed by atoms with Crippen LogP contribution in [0.3, 0.4) is 0 Å². The molecule has 0 aromatic rings. The summed E-state index contributed by atoms with van der Waals surface area (Å²) in [4.78, 5) is 45.6. The number of rotatable bonds is 9. The van der Waals surface area contributed by atoms with E-state index in [2.05, 4.69) is 22.5 Å². The van der Waals surface area contributed by atoms with Crippen LogP contribution in [0.25, 0.3) is 0 Å². The Morgan fingerprint density at radius 1 is 1.15 bits per heavy atom. The van der Waals surface area contributed by atoms with Crippen LogP contribution in [0.2, 0.25) is 0 Å². The number of aliphatic carboxylic acids is 1. The molecule has 9 nitrogen and oxygen atoms in total. The summed E-state index contributed by atoms with van der Waals surface area (Å²) < 4.78 is 5.25. The molecule has 0 spiro atoms. The maximum Gasteiger partial charge on any atom is 0.407 e. The summed E-state index contributed by atoms with van der Waals surface area (Å²) in [6.07, 6.45) is 2.80. The number of carbonyl (C=O) groups excluding carboxylic acids is 3. The summed E-state index contributed by atoms with van der Waals surface area (Å²) >= 11 is 0. The van der Waals surface area contributed by atoms with Crippen LogP contribution in [0.5, 0.6) is 0 Å². The molecule has 27 heavy (non-hydrogen) atoms. The van der Waals surface area contributed by atoms with Crippen molar-refractivity contribution in [3.8, 4) is 11.8 Å². The zero-order chi connectivity index (χ0) is 19.8. The molecule has 2 aliphatic rings. The predicted octanol–water partition coefficient (Wildman–Crippen LogP) is -0.0129. The van der Waals surface area contributed by atoms with Crippen LogP contribution in [-0.2, 0) is 19.1 Å². The molecule has 0 bridgehead atoms. The lowest BCUT2D eigenvalue weighted by Gasteiger charge is -2.17. The molecule has 1 saturated carbocycles. The number of primary amides is 1. The number of hydrogen-bond donors (Lipinski definition) is 4. The summed E-state index contributed by atoms with van der Waals surface area (Å²) in [5, 5.41) is 13.2. The molecule has 5 N–H and O–H groups in total. The van der Waals surface area contributed by atoms with Crippen LogP contribution in [0.4, 0.5) is 4.79 Å². The minimum Gasteiger partial charge on any atom is -0.480 e. The number of amides is 3. The lowest BCUT2D eigenvalue weighted by atomic mass is 10.1. The third-order valence-corrected chi connectivity index (χ3v) is 4.95. The van der Waals surface area contributed by atoms with Crippen molar-refractivity contribution in [1.29, 1.82) is 0 Å². The van der Waals surface area contributed by atoms with E-state index in [9.17, 15) is 19.2 Å². The molecule has 3 amide bonds. The summed E-state index contributed by atoms with van der Waals surface area (Å²) in [6.45, 7) is -0.323.